The van der Waals surface area contributed by atoms with Crippen molar-refractivity contribution in [2.75, 3.05) is 0 Å². The average Bonchev–Trinajstić information content (AvgIpc) is 3.22. The molecule has 0 atom stereocenters. The van der Waals surface area contributed by atoms with Crippen molar-refractivity contribution in [2.45, 2.75) is 5.60 Å². The number of esters is 1. The second-order valence-corrected chi connectivity index (χ2v) is 9.18. The zero-order chi connectivity index (χ0) is 25.1. The molecule has 0 bridgehead atoms. The molecule has 2 aliphatic rings. The molecule has 5 nitrogen and oxygen atoms in total. The summed E-state index contributed by atoms with van der Waals surface area (Å²) in [5, 5.41) is 20.5. The number of carbonyl (C=O) groups excluding carboxylic acids is 1. The highest BCUT2D eigenvalue weighted by molar-refractivity contribution is 6.06. The molecule has 0 amide bonds. The number of rotatable bonds is 2. The van der Waals surface area contributed by atoms with Gasteiger partial charge in [0.2, 0.25) is 0 Å². The topological polar surface area (TPSA) is 76.0 Å². The van der Waals surface area contributed by atoms with E-state index in [0.717, 1.165) is 22.3 Å². The lowest BCUT2D eigenvalue weighted by Gasteiger charge is -2.37. The third-order valence-corrected chi connectivity index (χ3v) is 7.09. The first-order chi connectivity index (χ1) is 18.1. The molecular weight excluding hydrogens is 464 g/mol. The first-order valence-electron chi connectivity index (χ1n) is 11.9. The Morgan fingerprint density at radius 2 is 1.11 bits per heavy atom. The van der Waals surface area contributed by atoms with Gasteiger partial charge >= 0.3 is 5.97 Å². The summed E-state index contributed by atoms with van der Waals surface area (Å²) in [6, 6.07) is 33.2. The van der Waals surface area contributed by atoms with Crippen LogP contribution >= 0.6 is 0 Å². The standard InChI is InChI=1S/C32H20O5/c33-21-11-15-25-27(17-21)36-28-18-22(34)12-16-26(28)32(25)30-24(20-9-5-2-6-10-20)14-13-23(29(30)31(35)37-32)19-7-3-1-4-8-19/h1-18,33-34H. The number of fused-ring (bicyclic) bond motifs is 6. The third-order valence-electron chi connectivity index (χ3n) is 7.09. The molecule has 1 spiro atoms. The average molecular weight is 485 g/mol. The monoisotopic (exact) mass is 484 g/mol. The predicted molar refractivity (Wildman–Crippen MR) is 139 cm³/mol. The fourth-order valence-electron chi connectivity index (χ4n) is 5.55. The van der Waals surface area contributed by atoms with Crippen molar-refractivity contribution in [2.24, 2.45) is 0 Å². The molecule has 7 rings (SSSR count). The molecule has 0 aromatic heterocycles. The van der Waals surface area contributed by atoms with Gasteiger partial charge in [0, 0.05) is 28.8 Å². The third kappa shape index (κ3) is 3.01. The number of benzene rings is 5. The second kappa shape index (κ2) is 7.73. The molecule has 0 saturated carbocycles. The van der Waals surface area contributed by atoms with Gasteiger partial charge in [0.1, 0.15) is 23.0 Å². The van der Waals surface area contributed by atoms with E-state index in [9.17, 15) is 15.0 Å². The number of aromatic hydroxyl groups is 2. The van der Waals surface area contributed by atoms with Crippen LogP contribution in [-0.2, 0) is 10.3 Å². The van der Waals surface area contributed by atoms with Gasteiger partial charge < -0.3 is 19.7 Å². The van der Waals surface area contributed by atoms with E-state index >= 15 is 0 Å². The predicted octanol–water partition coefficient (Wildman–Crippen LogP) is 7.00. The molecule has 0 fully saturated rings. The zero-order valence-electron chi connectivity index (χ0n) is 19.5. The molecule has 2 N–H and O–H groups in total. The molecule has 0 saturated heterocycles. The molecule has 5 heteroatoms. The van der Waals surface area contributed by atoms with Crippen LogP contribution in [-0.4, -0.2) is 16.2 Å². The van der Waals surface area contributed by atoms with Crippen LogP contribution in [0.15, 0.2) is 109 Å². The molecule has 2 heterocycles. The SMILES string of the molecule is O=C1OC2(c3ccc(O)cc3Oc3cc(O)ccc32)c2c(-c3ccccc3)ccc(-c3ccccc3)c21. The maximum atomic E-state index is 13.9. The fraction of sp³-hybridized carbons (Fsp3) is 0.0312. The summed E-state index contributed by atoms with van der Waals surface area (Å²) < 4.78 is 12.6. The molecule has 0 unspecified atom stereocenters. The van der Waals surface area contributed by atoms with Crippen molar-refractivity contribution in [3.05, 3.63) is 131 Å². The minimum absolute atomic E-state index is 0.0170. The second-order valence-electron chi connectivity index (χ2n) is 9.18. The highest BCUT2D eigenvalue weighted by atomic mass is 16.6. The van der Waals surface area contributed by atoms with Crippen molar-refractivity contribution in [1.29, 1.82) is 0 Å². The normalized spacial score (nSPS) is 14.3. The Bertz CT molecular complexity index is 1660. The zero-order valence-corrected chi connectivity index (χ0v) is 19.5. The maximum Gasteiger partial charge on any atom is 0.340 e. The van der Waals surface area contributed by atoms with Crippen molar-refractivity contribution in [3.8, 4) is 45.3 Å². The summed E-state index contributed by atoms with van der Waals surface area (Å²) in [4.78, 5) is 13.9. The quantitative estimate of drug-likeness (QED) is 0.264. The Morgan fingerprint density at radius 3 is 1.68 bits per heavy atom. The van der Waals surface area contributed by atoms with E-state index in [4.69, 9.17) is 9.47 Å². The van der Waals surface area contributed by atoms with Gasteiger partial charge in [0.15, 0.2) is 5.60 Å². The summed E-state index contributed by atoms with van der Waals surface area (Å²) in [6.45, 7) is 0. The Hall–Kier alpha value is -5.03. The minimum Gasteiger partial charge on any atom is -0.508 e. The first-order valence-corrected chi connectivity index (χ1v) is 11.9. The number of hydrogen-bond acceptors (Lipinski definition) is 5. The van der Waals surface area contributed by atoms with Gasteiger partial charge in [-0.1, -0.05) is 72.8 Å². The van der Waals surface area contributed by atoms with Crippen LogP contribution in [0.2, 0.25) is 0 Å². The van der Waals surface area contributed by atoms with E-state index < -0.39 is 11.6 Å². The van der Waals surface area contributed by atoms with E-state index in [1.54, 1.807) is 24.3 Å². The maximum absolute atomic E-state index is 13.9. The fourth-order valence-corrected chi connectivity index (χ4v) is 5.55. The van der Waals surface area contributed by atoms with Gasteiger partial charge in [-0.3, -0.25) is 0 Å². The Balaban J connectivity index is 1.65. The number of hydrogen-bond donors (Lipinski definition) is 2. The van der Waals surface area contributed by atoms with E-state index in [1.165, 1.54) is 12.1 Å². The number of carbonyl (C=O) groups is 1. The van der Waals surface area contributed by atoms with Crippen LogP contribution in [0.3, 0.4) is 0 Å². The molecule has 5 aromatic carbocycles. The van der Waals surface area contributed by atoms with Crippen LogP contribution in [0, 0.1) is 0 Å². The molecule has 5 aromatic rings. The van der Waals surface area contributed by atoms with Crippen molar-refractivity contribution in [3.63, 3.8) is 0 Å². The van der Waals surface area contributed by atoms with Crippen LogP contribution in [0.1, 0.15) is 27.0 Å². The summed E-state index contributed by atoms with van der Waals surface area (Å²) in [5.74, 6) is 0.282. The Kier molecular flexibility index (Phi) is 4.45. The van der Waals surface area contributed by atoms with E-state index in [-0.39, 0.29) is 11.5 Å². The van der Waals surface area contributed by atoms with Gasteiger partial charge in [0.25, 0.3) is 0 Å². The Morgan fingerprint density at radius 1 is 0.595 bits per heavy atom. The minimum atomic E-state index is -1.35. The lowest BCUT2D eigenvalue weighted by Crippen LogP contribution is -2.33. The molecule has 0 radical (unpaired) electrons. The van der Waals surface area contributed by atoms with E-state index in [2.05, 4.69) is 0 Å². The molecule has 37 heavy (non-hydrogen) atoms. The van der Waals surface area contributed by atoms with E-state index in [0.29, 0.717) is 33.8 Å². The first kappa shape index (κ1) is 21.3. The smallest absolute Gasteiger partial charge is 0.340 e. The highest BCUT2D eigenvalue weighted by Crippen LogP contribution is 2.60. The number of phenols is 2. The summed E-state index contributed by atoms with van der Waals surface area (Å²) in [7, 11) is 0. The van der Waals surface area contributed by atoms with Crippen molar-refractivity contribution in [1.82, 2.24) is 0 Å². The number of ether oxygens (including phenoxy) is 2. The molecule has 178 valence electrons. The van der Waals surface area contributed by atoms with Crippen molar-refractivity contribution >= 4 is 5.97 Å². The van der Waals surface area contributed by atoms with Crippen molar-refractivity contribution < 1.29 is 24.5 Å². The lowest BCUT2D eigenvalue weighted by atomic mass is 9.73. The van der Waals surface area contributed by atoms with Crippen LogP contribution in [0.4, 0.5) is 0 Å². The van der Waals surface area contributed by atoms with Gasteiger partial charge in [-0.2, -0.15) is 0 Å². The van der Waals surface area contributed by atoms with Gasteiger partial charge in [0.05, 0.1) is 5.56 Å². The molecule has 2 aliphatic heterocycles. The number of phenolic OH excluding ortho intramolecular Hbond substituents is 2. The van der Waals surface area contributed by atoms with Crippen LogP contribution in [0.25, 0.3) is 22.3 Å². The highest BCUT2D eigenvalue weighted by Gasteiger charge is 2.55. The van der Waals surface area contributed by atoms with E-state index in [1.807, 2.05) is 72.8 Å². The molecular formula is C32H20O5. The van der Waals surface area contributed by atoms with Gasteiger partial charge in [-0.05, 0) is 46.5 Å². The van der Waals surface area contributed by atoms with Crippen LogP contribution < -0.4 is 4.74 Å². The summed E-state index contributed by atoms with van der Waals surface area (Å²) in [5.41, 5.74) is 4.47. The Labute approximate surface area is 212 Å². The largest absolute Gasteiger partial charge is 0.508 e. The lowest BCUT2D eigenvalue weighted by molar-refractivity contribution is 0.0225. The van der Waals surface area contributed by atoms with Gasteiger partial charge in [-0.25, -0.2) is 4.79 Å². The molecule has 0 aliphatic carbocycles. The summed E-state index contributed by atoms with van der Waals surface area (Å²) >= 11 is 0. The van der Waals surface area contributed by atoms with Gasteiger partial charge in [-0.15, -0.1) is 0 Å². The van der Waals surface area contributed by atoms with Crippen LogP contribution in [0.5, 0.6) is 23.0 Å². The summed E-state index contributed by atoms with van der Waals surface area (Å²) in [6.07, 6.45) is 0.